The highest BCUT2D eigenvalue weighted by Gasteiger charge is 2.26. The predicted molar refractivity (Wildman–Crippen MR) is 130 cm³/mol. The zero-order chi connectivity index (χ0) is 23.7. The van der Waals surface area contributed by atoms with Crippen molar-refractivity contribution in [3.05, 3.63) is 71.4 Å². The van der Waals surface area contributed by atoms with Crippen LogP contribution in [0.4, 0.5) is 5.69 Å². The molecule has 1 amide bonds. The molecule has 0 bridgehead atoms. The van der Waals surface area contributed by atoms with E-state index in [-0.39, 0.29) is 10.8 Å². The lowest BCUT2D eigenvalue weighted by Gasteiger charge is -2.26. The average Bonchev–Trinajstić information content (AvgIpc) is 3.21. The number of nitrogens with one attached hydrogen (secondary N) is 1. The summed E-state index contributed by atoms with van der Waals surface area (Å²) >= 11 is 0. The number of rotatable bonds is 4. The third-order valence-corrected chi connectivity index (χ3v) is 7.94. The number of aromatic nitrogens is 2. The van der Waals surface area contributed by atoms with Crippen LogP contribution in [0.3, 0.4) is 0 Å². The Labute approximate surface area is 198 Å². The smallest absolute Gasteiger partial charge is 0.243 e. The summed E-state index contributed by atoms with van der Waals surface area (Å²) in [6, 6.07) is 14.8. The van der Waals surface area contributed by atoms with E-state index in [1.165, 1.54) is 11.2 Å². The van der Waals surface area contributed by atoms with Gasteiger partial charge in [0.1, 0.15) is 0 Å². The zero-order valence-electron chi connectivity index (χ0n) is 18.9. The molecule has 3 aromatic rings. The standard InChI is InChI=1S/C25H26N4O4S/c1-18(30)26-22-8-5-21-17-29-23(4-2-3-20(21)15-22)16-25(27-29)19-6-9-24(10-7-19)34(31,32)28-11-13-33-14-12-28/h2-3,5-10,15-16H,4,11-14,17H2,1H3,(H,26,30)/b3-2-. The van der Waals surface area contributed by atoms with Crippen LogP contribution in [0.2, 0.25) is 0 Å². The van der Waals surface area contributed by atoms with Gasteiger partial charge in [0, 0.05) is 43.4 Å². The molecule has 2 aromatic carbocycles. The van der Waals surface area contributed by atoms with Crippen LogP contribution in [-0.4, -0.2) is 54.7 Å². The Balaban J connectivity index is 1.39. The van der Waals surface area contributed by atoms with Gasteiger partial charge in [-0.25, -0.2) is 8.42 Å². The molecule has 34 heavy (non-hydrogen) atoms. The summed E-state index contributed by atoms with van der Waals surface area (Å²) in [6.45, 7) is 3.69. The van der Waals surface area contributed by atoms with Gasteiger partial charge in [0.15, 0.2) is 0 Å². The first-order valence-corrected chi connectivity index (χ1v) is 12.7. The van der Waals surface area contributed by atoms with E-state index in [9.17, 15) is 13.2 Å². The number of ether oxygens (including phenoxy) is 1. The van der Waals surface area contributed by atoms with Gasteiger partial charge in [-0.15, -0.1) is 0 Å². The Morgan fingerprint density at radius 3 is 2.56 bits per heavy atom. The first-order valence-electron chi connectivity index (χ1n) is 11.2. The molecule has 0 aliphatic carbocycles. The number of hydrogen-bond donors (Lipinski definition) is 1. The lowest BCUT2D eigenvalue weighted by Crippen LogP contribution is -2.40. The van der Waals surface area contributed by atoms with Crippen LogP contribution in [0.25, 0.3) is 17.3 Å². The summed E-state index contributed by atoms with van der Waals surface area (Å²) in [6.07, 6.45) is 4.88. The van der Waals surface area contributed by atoms with Crippen LogP contribution in [0, 0.1) is 0 Å². The Morgan fingerprint density at radius 2 is 1.82 bits per heavy atom. The second kappa shape index (κ2) is 9.17. The highest BCUT2D eigenvalue weighted by atomic mass is 32.2. The Hall–Kier alpha value is -3.27. The first-order chi connectivity index (χ1) is 16.4. The molecule has 176 valence electrons. The van der Waals surface area contributed by atoms with Crippen LogP contribution in [0.1, 0.15) is 23.7 Å². The fourth-order valence-corrected chi connectivity index (χ4v) is 5.68. The maximum Gasteiger partial charge on any atom is 0.243 e. The molecule has 3 heterocycles. The second-order valence-electron chi connectivity index (χ2n) is 8.42. The number of carbonyl (C=O) groups is 1. The van der Waals surface area contributed by atoms with Gasteiger partial charge in [0.2, 0.25) is 15.9 Å². The lowest BCUT2D eigenvalue weighted by molar-refractivity contribution is -0.114. The van der Waals surface area contributed by atoms with Crippen molar-refractivity contribution in [2.24, 2.45) is 0 Å². The molecule has 0 radical (unpaired) electrons. The van der Waals surface area contributed by atoms with E-state index in [0.717, 1.165) is 40.2 Å². The van der Waals surface area contributed by atoms with Crippen molar-refractivity contribution in [2.45, 2.75) is 24.8 Å². The maximum absolute atomic E-state index is 12.9. The zero-order valence-corrected chi connectivity index (χ0v) is 19.7. The summed E-state index contributed by atoms with van der Waals surface area (Å²) in [5.74, 6) is -0.0995. The summed E-state index contributed by atoms with van der Waals surface area (Å²) in [7, 11) is -3.53. The van der Waals surface area contributed by atoms with Crippen LogP contribution in [0.5, 0.6) is 0 Å². The van der Waals surface area contributed by atoms with E-state index in [1.807, 2.05) is 41.1 Å². The van der Waals surface area contributed by atoms with Gasteiger partial charge in [0.05, 0.1) is 30.3 Å². The molecule has 9 heteroatoms. The number of morpholine rings is 1. The highest BCUT2D eigenvalue weighted by molar-refractivity contribution is 7.89. The Morgan fingerprint density at radius 1 is 1.06 bits per heavy atom. The quantitative estimate of drug-likeness (QED) is 0.622. The molecule has 0 unspecified atom stereocenters. The number of fused-ring (bicyclic) bond motifs is 2. The van der Waals surface area contributed by atoms with E-state index in [2.05, 4.69) is 17.5 Å². The lowest BCUT2D eigenvalue weighted by atomic mass is 10.0. The van der Waals surface area contributed by atoms with Crippen molar-refractivity contribution in [2.75, 3.05) is 31.6 Å². The highest BCUT2D eigenvalue weighted by Crippen LogP contribution is 2.27. The third kappa shape index (κ3) is 4.54. The number of sulfonamides is 1. The molecule has 0 saturated carbocycles. The average molecular weight is 479 g/mol. The summed E-state index contributed by atoms with van der Waals surface area (Å²) in [5, 5.41) is 7.64. The monoisotopic (exact) mass is 478 g/mol. The molecular formula is C25H26N4O4S. The van der Waals surface area contributed by atoms with Crippen molar-refractivity contribution in [3.8, 4) is 11.3 Å². The number of carbonyl (C=O) groups excluding carboxylic acids is 1. The van der Waals surface area contributed by atoms with Gasteiger partial charge in [0.25, 0.3) is 0 Å². The maximum atomic E-state index is 12.9. The first kappa shape index (κ1) is 22.5. The van der Waals surface area contributed by atoms with Gasteiger partial charge in [-0.05, 0) is 41.5 Å². The number of amides is 1. The molecule has 0 atom stereocenters. The number of benzene rings is 2. The fraction of sp³-hybridized carbons (Fsp3) is 0.280. The fourth-order valence-electron chi connectivity index (χ4n) is 4.27. The number of allylic oxidation sites excluding steroid dienone is 1. The van der Waals surface area contributed by atoms with Crippen LogP contribution >= 0.6 is 0 Å². The van der Waals surface area contributed by atoms with Crippen LogP contribution in [0.15, 0.2) is 59.5 Å². The van der Waals surface area contributed by atoms with Crippen molar-refractivity contribution in [1.29, 1.82) is 0 Å². The molecule has 1 saturated heterocycles. The molecular weight excluding hydrogens is 452 g/mol. The number of nitrogens with zero attached hydrogens (tertiary/aromatic N) is 3. The van der Waals surface area contributed by atoms with Crippen molar-refractivity contribution in [1.82, 2.24) is 14.1 Å². The molecule has 1 fully saturated rings. The molecule has 8 nitrogen and oxygen atoms in total. The number of anilines is 1. The predicted octanol–water partition coefficient (Wildman–Crippen LogP) is 3.15. The SMILES string of the molecule is CC(=O)Nc1ccc2c(c1)/C=C\Cc1cc(-c3ccc(S(=O)(=O)N4CCOCC4)cc3)nn1C2. The van der Waals surface area contributed by atoms with Gasteiger partial charge < -0.3 is 10.1 Å². The summed E-state index contributed by atoms with van der Waals surface area (Å²) < 4.78 is 34.5. The Kier molecular flexibility index (Phi) is 6.07. The van der Waals surface area contributed by atoms with E-state index in [0.29, 0.717) is 32.8 Å². The summed E-state index contributed by atoms with van der Waals surface area (Å²) in [4.78, 5) is 11.7. The largest absolute Gasteiger partial charge is 0.379 e. The van der Waals surface area contributed by atoms with Gasteiger partial charge in [-0.1, -0.05) is 30.4 Å². The summed E-state index contributed by atoms with van der Waals surface area (Å²) in [5.41, 5.74) is 5.67. The third-order valence-electron chi connectivity index (χ3n) is 6.03. The van der Waals surface area contributed by atoms with Gasteiger partial charge >= 0.3 is 0 Å². The molecule has 1 N–H and O–H groups in total. The Bertz CT molecular complexity index is 1350. The minimum atomic E-state index is -3.53. The normalized spacial score (nSPS) is 17.2. The molecule has 0 spiro atoms. The van der Waals surface area contributed by atoms with Crippen LogP contribution < -0.4 is 5.32 Å². The second-order valence-corrected chi connectivity index (χ2v) is 10.4. The van der Waals surface area contributed by atoms with E-state index < -0.39 is 10.0 Å². The minimum Gasteiger partial charge on any atom is -0.379 e. The van der Waals surface area contributed by atoms with Gasteiger partial charge in [-0.3, -0.25) is 9.48 Å². The van der Waals surface area contributed by atoms with Crippen LogP contribution in [-0.2, 0) is 32.5 Å². The topological polar surface area (TPSA) is 93.5 Å². The minimum absolute atomic E-state index is 0.0995. The number of hydrogen-bond acceptors (Lipinski definition) is 5. The van der Waals surface area contributed by atoms with E-state index in [4.69, 9.17) is 9.84 Å². The van der Waals surface area contributed by atoms with Crippen molar-refractivity contribution < 1.29 is 17.9 Å². The van der Waals surface area contributed by atoms with Crippen molar-refractivity contribution in [3.63, 3.8) is 0 Å². The molecule has 1 aromatic heterocycles. The van der Waals surface area contributed by atoms with E-state index >= 15 is 0 Å². The van der Waals surface area contributed by atoms with E-state index in [1.54, 1.807) is 12.1 Å². The van der Waals surface area contributed by atoms with Crippen molar-refractivity contribution >= 4 is 27.7 Å². The molecule has 2 aliphatic heterocycles. The van der Waals surface area contributed by atoms with Gasteiger partial charge in [-0.2, -0.15) is 9.40 Å². The molecule has 2 aliphatic rings. The molecule has 5 rings (SSSR count).